The lowest BCUT2D eigenvalue weighted by atomic mass is 10.2. The second-order valence-corrected chi connectivity index (χ2v) is 4.74. The zero-order chi connectivity index (χ0) is 15.1. The number of halogens is 3. The van der Waals surface area contributed by atoms with Gasteiger partial charge in [-0.05, 0) is 37.7 Å². The lowest BCUT2D eigenvalue weighted by molar-refractivity contribution is -0.121. The molecule has 1 aromatic carbocycles. The fourth-order valence-electron chi connectivity index (χ4n) is 1.99. The molecule has 0 aliphatic heterocycles. The minimum absolute atomic E-state index is 0. The number of carbonyl (C=O) groups is 1. The SMILES string of the molecule is CNCCCC(=O)NCc1ccc(-n2ccnc2)c(F)c1.Cl.Cl. The van der Waals surface area contributed by atoms with Crippen molar-refractivity contribution in [1.29, 1.82) is 0 Å². The van der Waals surface area contributed by atoms with Crippen molar-refractivity contribution in [3.05, 3.63) is 48.3 Å². The summed E-state index contributed by atoms with van der Waals surface area (Å²) in [6.45, 7) is 1.14. The van der Waals surface area contributed by atoms with Gasteiger partial charge in [0, 0.05) is 25.4 Å². The largest absolute Gasteiger partial charge is 0.352 e. The highest BCUT2D eigenvalue weighted by molar-refractivity contribution is 5.85. The lowest BCUT2D eigenvalue weighted by Crippen LogP contribution is -2.23. The fraction of sp³-hybridized carbons (Fsp3) is 0.333. The van der Waals surface area contributed by atoms with Gasteiger partial charge in [-0.15, -0.1) is 24.8 Å². The van der Waals surface area contributed by atoms with Crippen molar-refractivity contribution >= 4 is 30.7 Å². The predicted octanol–water partition coefficient (Wildman–Crippen LogP) is 2.47. The van der Waals surface area contributed by atoms with E-state index in [1.54, 1.807) is 35.4 Å². The summed E-state index contributed by atoms with van der Waals surface area (Å²) in [6.07, 6.45) is 6.08. The van der Waals surface area contributed by atoms with Gasteiger partial charge in [0.25, 0.3) is 0 Å². The molecule has 8 heteroatoms. The Kier molecular flexibility index (Phi) is 10.2. The molecular formula is C15H21Cl2FN4O. The number of carbonyl (C=O) groups excluding carboxylic acids is 1. The smallest absolute Gasteiger partial charge is 0.220 e. The van der Waals surface area contributed by atoms with Gasteiger partial charge in [-0.3, -0.25) is 4.79 Å². The number of rotatable bonds is 7. The fourth-order valence-corrected chi connectivity index (χ4v) is 1.99. The summed E-state index contributed by atoms with van der Waals surface area (Å²) in [7, 11) is 1.85. The summed E-state index contributed by atoms with van der Waals surface area (Å²) >= 11 is 0. The Morgan fingerprint density at radius 2 is 2.13 bits per heavy atom. The van der Waals surface area contributed by atoms with E-state index in [1.165, 1.54) is 6.07 Å². The number of hydrogen-bond acceptors (Lipinski definition) is 3. The van der Waals surface area contributed by atoms with Crippen LogP contribution < -0.4 is 10.6 Å². The molecule has 0 radical (unpaired) electrons. The Hall–Kier alpha value is -1.63. The maximum atomic E-state index is 14.0. The highest BCUT2D eigenvalue weighted by Crippen LogP contribution is 2.14. The van der Waals surface area contributed by atoms with E-state index in [1.807, 2.05) is 7.05 Å². The second-order valence-electron chi connectivity index (χ2n) is 4.74. The molecule has 2 aromatic rings. The van der Waals surface area contributed by atoms with Crippen molar-refractivity contribution in [3.63, 3.8) is 0 Å². The van der Waals surface area contributed by atoms with Crippen LogP contribution in [0.3, 0.4) is 0 Å². The molecule has 2 N–H and O–H groups in total. The Morgan fingerprint density at radius 3 is 2.74 bits per heavy atom. The van der Waals surface area contributed by atoms with Crippen LogP contribution in [0.2, 0.25) is 0 Å². The molecule has 128 valence electrons. The van der Waals surface area contributed by atoms with Crippen LogP contribution in [-0.2, 0) is 11.3 Å². The third-order valence-corrected chi connectivity index (χ3v) is 3.11. The van der Waals surface area contributed by atoms with Crippen molar-refractivity contribution in [3.8, 4) is 5.69 Å². The molecule has 0 bridgehead atoms. The zero-order valence-corrected chi connectivity index (χ0v) is 14.4. The molecule has 0 aliphatic rings. The third-order valence-electron chi connectivity index (χ3n) is 3.11. The van der Waals surface area contributed by atoms with E-state index < -0.39 is 0 Å². The maximum absolute atomic E-state index is 14.0. The van der Waals surface area contributed by atoms with E-state index in [4.69, 9.17) is 0 Å². The van der Waals surface area contributed by atoms with E-state index in [-0.39, 0.29) is 36.5 Å². The summed E-state index contributed by atoms with van der Waals surface area (Å²) in [5.74, 6) is -0.362. The van der Waals surface area contributed by atoms with Crippen molar-refractivity contribution < 1.29 is 9.18 Å². The standard InChI is InChI=1S/C15H19FN4O.2ClH/c1-17-6-2-3-15(21)19-10-12-4-5-14(13(16)9-12)20-8-7-18-11-20;;/h4-5,7-9,11,17H,2-3,6,10H2,1H3,(H,19,21);2*1H. The monoisotopic (exact) mass is 362 g/mol. The third kappa shape index (κ3) is 6.56. The predicted molar refractivity (Wildman–Crippen MR) is 93.0 cm³/mol. The van der Waals surface area contributed by atoms with Crippen LogP contribution in [0.1, 0.15) is 18.4 Å². The minimum atomic E-state index is -0.338. The molecule has 5 nitrogen and oxygen atoms in total. The Morgan fingerprint density at radius 1 is 1.35 bits per heavy atom. The van der Waals surface area contributed by atoms with Crippen molar-refractivity contribution in [2.24, 2.45) is 0 Å². The molecule has 0 spiro atoms. The molecular weight excluding hydrogens is 342 g/mol. The second kappa shape index (κ2) is 11.0. The molecule has 23 heavy (non-hydrogen) atoms. The van der Waals surface area contributed by atoms with Crippen LogP contribution in [0, 0.1) is 5.82 Å². The molecule has 1 aromatic heterocycles. The van der Waals surface area contributed by atoms with Crippen LogP contribution in [0.4, 0.5) is 4.39 Å². The average molecular weight is 363 g/mol. The van der Waals surface area contributed by atoms with Crippen molar-refractivity contribution in [2.45, 2.75) is 19.4 Å². The maximum Gasteiger partial charge on any atom is 0.220 e. The first kappa shape index (κ1) is 21.4. The van der Waals surface area contributed by atoms with Crippen molar-refractivity contribution in [2.75, 3.05) is 13.6 Å². The van der Waals surface area contributed by atoms with Crippen LogP contribution in [0.25, 0.3) is 5.69 Å². The van der Waals surface area contributed by atoms with E-state index in [0.29, 0.717) is 18.7 Å². The van der Waals surface area contributed by atoms with Crippen molar-refractivity contribution in [1.82, 2.24) is 20.2 Å². The molecule has 0 unspecified atom stereocenters. The van der Waals surface area contributed by atoms with E-state index in [9.17, 15) is 9.18 Å². The highest BCUT2D eigenvalue weighted by Gasteiger charge is 2.06. The Balaban J connectivity index is 0.00000242. The molecule has 0 aliphatic carbocycles. The number of hydrogen-bond donors (Lipinski definition) is 2. The van der Waals surface area contributed by atoms with Crippen LogP contribution in [-0.4, -0.2) is 29.1 Å². The van der Waals surface area contributed by atoms with Gasteiger partial charge in [-0.2, -0.15) is 0 Å². The Labute approximate surface area is 147 Å². The summed E-state index contributed by atoms with van der Waals surface area (Å²) in [5.41, 5.74) is 1.18. The number of aromatic nitrogens is 2. The van der Waals surface area contributed by atoms with E-state index in [0.717, 1.165) is 18.5 Å². The van der Waals surface area contributed by atoms with Gasteiger partial charge in [-0.1, -0.05) is 6.07 Å². The van der Waals surface area contributed by atoms with E-state index in [2.05, 4.69) is 15.6 Å². The molecule has 1 heterocycles. The number of nitrogens with one attached hydrogen (secondary N) is 2. The lowest BCUT2D eigenvalue weighted by Gasteiger charge is -2.08. The zero-order valence-electron chi connectivity index (χ0n) is 12.8. The van der Waals surface area contributed by atoms with Gasteiger partial charge >= 0.3 is 0 Å². The Bertz CT molecular complexity index is 593. The number of imidazole rings is 1. The first-order valence-corrected chi connectivity index (χ1v) is 6.89. The summed E-state index contributed by atoms with van der Waals surface area (Å²) in [4.78, 5) is 15.5. The first-order chi connectivity index (χ1) is 10.2. The van der Waals surface area contributed by atoms with E-state index >= 15 is 0 Å². The summed E-state index contributed by atoms with van der Waals surface area (Å²) in [6, 6.07) is 4.91. The van der Waals surface area contributed by atoms with Gasteiger partial charge in [0.1, 0.15) is 5.82 Å². The van der Waals surface area contributed by atoms with Gasteiger partial charge in [0.15, 0.2) is 0 Å². The number of amides is 1. The topological polar surface area (TPSA) is 59.0 Å². The quantitative estimate of drug-likeness (QED) is 0.743. The molecule has 0 fully saturated rings. The first-order valence-electron chi connectivity index (χ1n) is 6.89. The van der Waals surface area contributed by atoms with Gasteiger partial charge in [-0.25, -0.2) is 9.37 Å². The molecule has 0 saturated heterocycles. The number of nitrogens with zero attached hydrogens (tertiary/aromatic N) is 2. The summed E-state index contributed by atoms with van der Waals surface area (Å²) in [5, 5.41) is 5.77. The normalized spacial score (nSPS) is 9.65. The molecule has 0 atom stereocenters. The minimum Gasteiger partial charge on any atom is -0.352 e. The average Bonchev–Trinajstić information content (AvgIpc) is 2.99. The van der Waals surface area contributed by atoms with Crippen LogP contribution in [0.15, 0.2) is 36.9 Å². The number of benzene rings is 1. The van der Waals surface area contributed by atoms with Gasteiger partial charge in [0.2, 0.25) is 5.91 Å². The van der Waals surface area contributed by atoms with Gasteiger partial charge in [0.05, 0.1) is 12.0 Å². The van der Waals surface area contributed by atoms with Crippen LogP contribution in [0.5, 0.6) is 0 Å². The van der Waals surface area contributed by atoms with Crippen LogP contribution >= 0.6 is 24.8 Å². The molecule has 0 saturated carbocycles. The molecule has 2 rings (SSSR count). The highest BCUT2D eigenvalue weighted by atomic mass is 35.5. The molecule has 1 amide bonds. The summed E-state index contributed by atoms with van der Waals surface area (Å²) < 4.78 is 15.6. The van der Waals surface area contributed by atoms with Gasteiger partial charge < -0.3 is 15.2 Å².